The van der Waals surface area contributed by atoms with Gasteiger partial charge in [-0.3, -0.25) is 14.2 Å². The molecule has 3 aromatic carbocycles. The van der Waals surface area contributed by atoms with Crippen molar-refractivity contribution in [3.63, 3.8) is 0 Å². The second-order valence-electron chi connectivity index (χ2n) is 9.16. The van der Waals surface area contributed by atoms with E-state index >= 15 is 0 Å². The van der Waals surface area contributed by atoms with Crippen LogP contribution in [0.25, 0.3) is 6.08 Å². The molecule has 2 heterocycles. The second-order valence-corrected chi connectivity index (χ2v) is 10.2. The van der Waals surface area contributed by atoms with E-state index in [1.165, 1.54) is 11.3 Å². The number of rotatable bonds is 9. The lowest BCUT2D eigenvalue weighted by Crippen LogP contribution is -2.40. The number of benzene rings is 3. The van der Waals surface area contributed by atoms with E-state index in [2.05, 4.69) is 10.3 Å². The van der Waals surface area contributed by atoms with Crippen molar-refractivity contribution in [3.05, 3.63) is 121 Å². The Morgan fingerprint density at radius 1 is 1.02 bits per heavy atom. The molecule has 1 aliphatic rings. The van der Waals surface area contributed by atoms with E-state index in [4.69, 9.17) is 14.6 Å². The van der Waals surface area contributed by atoms with Crippen molar-refractivity contribution in [2.45, 2.75) is 19.9 Å². The van der Waals surface area contributed by atoms with Crippen LogP contribution >= 0.6 is 11.3 Å². The van der Waals surface area contributed by atoms with Crippen molar-refractivity contribution in [1.29, 1.82) is 0 Å². The average Bonchev–Trinajstić information content (AvgIpc) is 3.26. The van der Waals surface area contributed by atoms with Crippen LogP contribution in [0.2, 0.25) is 0 Å². The van der Waals surface area contributed by atoms with Gasteiger partial charge in [0.25, 0.3) is 11.5 Å². The van der Waals surface area contributed by atoms with Crippen molar-refractivity contribution in [2.24, 2.45) is 4.99 Å². The number of aromatic nitrogens is 1. The van der Waals surface area contributed by atoms with Gasteiger partial charge in [0.1, 0.15) is 11.5 Å². The SMILES string of the molecule is CCOc1ccc(C2C(C(=O)Nc3ccccc3)=C(C)N=c3s/c(=C\c4cccc(OCC(=O)O)c4)c(=O)n32)cc1. The Morgan fingerprint density at radius 2 is 1.78 bits per heavy atom. The molecule has 0 saturated heterocycles. The molecule has 1 atom stereocenters. The molecule has 1 unspecified atom stereocenters. The number of hydrogen-bond donors (Lipinski definition) is 2. The molecule has 0 spiro atoms. The summed E-state index contributed by atoms with van der Waals surface area (Å²) >= 11 is 1.21. The molecule has 4 aromatic rings. The molecule has 2 N–H and O–H groups in total. The van der Waals surface area contributed by atoms with E-state index in [0.717, 1.165) is 5.56 Å². The zero-order valence-corrected chi connectivity index (χ0v) is 23.2. The van der Waals surface area contributed by atoms with Gasteiger partial charge in [-0.25, -0.2) is 9.79 Å². The van der Waals surface area contributed by atoms with Gasteiger partial charge in [-0.1, -0.05) is 53.8 Å². The molecule has 41 heavy (non-hydrogen) atoms. The average molecular weight is 570 g/mol. The number of ether oxygens (including phenoxy) is 2. The molecule has 0 fully saturated rings. The standard InChI is InChI=1S/C31H27N3O6S/c1-3-39-23-14-12-21(13-15-23)28-27(29(37)33-22-9-5-4-6-10-22)19(2)32-31-34(28)30(38)25(41-31)17-20-8-7-11-24(16-20)40-18-26(35)36/h4-17,28H,3,18H2,1-2H3,(H,33,37)(H,35,36)/b25-17-. The van der Waals surface area contributed by atoms with Crippen LogP contribution in [-0.2, 0) is 9.59 Å². The minimum Gasteiger partial charge on any atom is -0.494 e. The van der Waals surface area contributed by atoms with Gasteiger partial charge in [-0.15, -0.1) is 0 Å². The Morgan fingerprint density at radius 3 is 2.49 bits per heavy atom. The Bertz CT molecular complexity index is 1810. The quantitative estimate of drug-likeness (QED) is 0.317. The summed E-state index contributed by atoms with van der Waals surface area (Å²) in [5, 5.41) is 11.8. The van der Waals surface area contributed by atoms with Gasteiger partial charge in [0.2, 0.25) is 0 Å². The highest BCUT2D eigenvalue weighted by Gasteiger charge is 2.32. The van der Waals surface area contributed by atoms with Crippen molar-refractivity contribution < 1.29 is 24.2 Å². The van der Waals surface area contributed by atoms with Gasteiger partial charge in [0.15, 0.2) is 11.4 Å². The van der Waals surface area contributed by atoms with E-state index in [1.54, 1.807) is 54.0 Å². The minimum absolute atomic E-state index is 0.304. The fourth-order valence-corrected chi connectivity index (χ4v) is 5.60. The van der Waals surface area contributed by atoms with Crippen LogP contribution in [0, 0.1) is 0 Å². The van der Waals surface area contributed by atoms with Crippen molar-refractivity contribution in [3.8, 4) is 11.5 Å². The Balaban J connectivity index is 1.60. The number of amides is 1. The number of carbonyl (C=O) groups is 2. The summed E-state index contributed by atoms with van der Waals surface area (Å²) in [6.45, 7) is 3.71. The van der Waals surface area contributed by atoms with Crippen LogP contribution in [0.4, 0.5) is 5.69 Å². The highest BCUT2D eigenvalue weighted by Crippen LogP contribution is 2.31. The Hall–Kier alpha value is -4.96. The number of anilines is 1. The summed E-state index contributed by atoms with van der Waals surface area (Å²) in [5.41, 5.74) is 2.59. The number of carbonyl (C=O) groups excluding carboxylic acids is 1. The van der Waals surface area contributed by atoms with Gasteiger partial charge >= 0.3 is 5.97 Å². The van der Waals surface area contributed by atoms with E-state index in [-0.39, 0.29) is 11.5 Å². The molecule has 5 rings (SSSR count). The first-order valence-electron chi connectivity index (χ1n) is 12.9. The zero-order chi connectivity index (χ0) is 28.9. The fourth-order valence-electron chi connectivity index (χ4n) is 4.55. The largest absolute Gasteiger partial charge is 0.494 e. The number of hydrogen-bond acceptors (Lipinski definition) is 7. The lowest BCUT2D eigenvalue weighted by molar-refractivity contribution is -0.139. The smallest absolute Gasteiger partial charge is 0.341 e. The number of nitrogens with one attached hydrogen (secondary N) is 1. The van der Waals surface area contributed by atoms with Crippen molar-refractivity contribution in [2.75, 3.05) is 18.5 Å². The van der Waals surface area contributed by atoms with Gasteiger partial charge < -0.3 is 19.9 Å². The fraction of sp³-hybridized carbons (Fsp3) is 0.161. The second kappa shape index (κ2) is 12.1. The summed E-state index contributed by atoms with van der Waals surface area (Å²) in [6, 6.07) is 22.6. The Kier molecular flexibility index (Phi) is 8.11. The number of thiazole rings is 1. The summed E-state index contributed by atoms with van der Waals surface area (Å²) < 4.78 is 12.8. The van der Waals surface area contributed by atoms with Crippen LogP contribution in [-0.4, -0.2) is 34.8 Å². The number of nitrogens with zero attached hydrogens (tertiary/aromatic N) is 2. The van der Waals surface area contributed by atoms with Gasteiger partial charge in [0.05, 0.1) is 28.5 Å². The van der Waals surface area contributed by atoms with Crippen LogP contribution in [0.5, 0.6) is 11.5 Å². The summed E-state index contributed by atoms with van der Waals surface area (Å²) in [6.07, 6.45) is 1.70. The molecular weight excluding hydrogens is 542 g/mol. The van der Waals surface area contributed by atoms with E-state index < -0.39 is 18.6 Å². The monoisotopic (exact) mass is 569 g/mol. The molecule has 0 radical (unpaired) electrons. The van der Waals surface area contributed by atoms with Crippen LogP contribution < -0.4 is 29.7 Å². The molecule has 1 aromatic heterocycles. The predicted molar refractivity (Wildman–Crippen MR) is 156 cm³/mol. The van der Waals surface area contributed by atoms with E-state index in [9.17, 15) is 14.4 Å². The summed E-state index contributed by atoms with van der Waals surface area (Å²) in [5.74, 6) is -0.379. The molecular formula is C31H27N3O6S. The number of aliphatic carboxylic acids is 1. The number of para-hydroxylation sites is 1. The summed E-state index contributed by atoms with van der Waals surface area (Å²) in [7, 11) is 0. The van der Waals surface area contributed by atoms with Crippen LogP contribution in [0.15, 0.2) is 99.9 Å². The van der Waals surface area contributed by atoms with Crippen LogP contribution in [0.3, 0.4) is 0 Å². The molecule has 1 amide bonds. The number of carboxylic acids is 1. The highest BCUT2D eigenvalue weighted by molar-refractivity contribution is 7.07. The first kappa shape index (κ1) is 27.6. The van der Waals surface area contributed by atoms with Crippen LogP contribution in [0.1, 0.15) is 31.0 Å². The molecule has 9 nitrogen and oxygen atoms in total. The first-order valence-corrected chi connectivity index (χ1v) is 13.7. The summed E-state index contributed by atoms with van der Waals surface area (Å²) in [4.78, 5) is 43.6. The molecule has 0 bridgehead atoms. The number of fused-ring (bicyclic) bond motifs is 1. The topological polar surface area (TPSA) is 119 Å². The van der Waals surface area contributed by atoms with Gasteiger partial charge in [-0.2, -0.15) is 0 Å². The number of carboxylic acid groups (broad SMARTS) is 1. The Labute approximate surface area is 239 Å². The van der Waals surface area contributed by atoms with Crippen molar-refractivity contribution in [1.82, 2.24) is 4.57 Å². The normalized spacial score (nSPS) is 14.7. The lowest BCUT2D eigenvalue weighted by atomic mass is 9.95. The maximum Gasteiger partial charge on any atom is 0.341 e. The third kappa shape index (κ3) is 6.12. The predicted octanol–water partition coefficient (Wildman–Crippen LogP) is 3.74. The van der Waals surface area contributed by atoms with Gasteiger partial charge in [-0.05, 0) is 67.4 Å². The van der Waals surface area contributed by atoms with E-state index in [1.807, 2.05) is 49.4 Å². The lowest BCUT2D eigenvalue weighted by Gasteiger charge is -2.25. The maximum absolute atomic E-state index is 13.9. The van der Waals surface area contributed by atoms with Crippen molar-refractivity contribution >= 4 is 35.0 Å². The molecule has 1 aliphatic heterocycles. The molecule has 0 saturated carbocycles. The molecule has 10 heteroatoms. The third-order valence-corrected chi connectivity index (χ3v) is 7.31. The van der Waals surface area contributed by atoms with E-state index in [0.29, 0.717) is 50.0 Å². The minimum atomic E-state index is -1.08. The number of allylic oxidation sites excluding steroid dienone is 1. The zero-order valence-electron chi connectivity index (χ0n) is 22.4. The van der Waals surface area contributed by atoms with Gasteiger partial charge in [0, 0.05) is 5.69 Å². The molecule has 208 valence electrons. The first-order chi connectivity index (χ1) is 19.8. The molecule has 0 aliphatic carbocycles. The highest BCUT2D eigenvalue weighted by atomic mass is 32.1. The third-order valence-electron chi connectivity index (χ3n) is 6.32. The maximum atomic E-state index is 13.9.